The lowest BCUT2D eigenvalue weighted by molar-refractivity contribution is 0.263. The maximum Gasteiger partial charge on any atom is 0.237 e. The molecule has 22 heavy (non-hydrogen) atoms. The molecule has 0 aliphatic heterocycles. The number of nitrogens with zero attached hydrogens (tertiary/aromatic N) is 5. The van der Waals surface area contributed by atoms with Gasteiger partial charge in [0.2, 0.25) is 5.89 Å². The lowest BCUT2D eigenvalue weighted by Crippen LogP contribution is -2.03. The predicted octanol–water partition coefficient (Wildman–Crippen LogP) is 2.44. The first-order chi connectivity index (χ1) is 10.8. The van der Waals surface area contributed by atoms with Crippen molar-refractivity contribution in [1.82, 2.24) is 24.9 Å². The van der Waals surface area contributed by atoms with Crippen LogP contribution in [0.4, 0.5) is 0 Å². The molecule has 2 aromatic heterocycles. The third-order valence-electron chi connectivity index (χ3n) is 4.32. The molecule has 0 spiro atoms. The van der Waals surface area contributed by atoms with Gasteiger partial charge in [0, 0.05) is 12.0 Å². The molecule has 2 aromatic rings. The van der Waals surface area contributed by atoms with Crippen LogP contribution in [-0.4, -0.2) is 30.0 Å². The van der Waals surface area contributed by atoms with Crippen molar-refractivity contribution in [2.24, 2.45) is 0 Å². The Morgan fingerprint density at radius 2 is 2.00 bits per heavy atom. The minimum atomic E-state index is -0.0730. The standard InChI is InChI=1S/C14H19N5O2S/c20-7-11-16-17-14(19(11)10-5-6-10)22-8-12-15-13(18-21-12)9-3-1-2-4-9/h9-10,20H,1-8H2. The normalized spacial score (nSPS) is 19.1. The summed E-state index contributed by atoms with van der Waals surface area (Å²) in [6, 6.07) is 0.441. The summed E-state index contributed by atoms with van der Waals surface area (Å²) in [5, 5.41) is 22.5. The third kappa shape index (κ3) is 2.77. The Bertz CT molecular complexity index is 645. The predicted molar refractivity (Wildman–Crippen MR) is 79.3 cm³/mol. The molecule has 7 nitrogen and oxygen atoms in total. The van der Waals surface area contributed by atoms with Crippen LogP contribution in [0.1, 0.15) is 68.0 Å². The summed E-state index contributed by atoms with van der Waals surface area (Å²) in [7, 11) is 0. The largest absolute Gasteiger partial charge is 0.388 e. The smallest absolute Gasteiger partial charge is 0.237 e. The van der Waals surface area contributed by atoms with Gasteiger partial charge in [-0.05, 0) is 25.7 Å². The van der Waals surface area contributed by atoms with Gasteiger partial charge in [-0.3, -0.25) is 0 Å². The van der Waals surface area contributed by atoms with Crippen molar-refractivity contribution in [3.8, 4) is 0 Å². The second-order valence-corrected chi connectivity index (χ2v) is 6.92. The fraction of sp³-hybridized carbons (Fsp3) is 0.714. The topological polar surface area (TPSA) is 89.9 Å². The first kappa shape index (κ1) is 14.2. The molecule has 2 aliphatic rings. The van der Waals surface area contributed by atoms with Crippen LogP contribution in [0.3, 0.4) is 0 Å². The Balaban J connectivity index is 1.43. The zero-order valence-electron chi connectivity index (χ0n) is 12.3. The van der Waals surface area contributed by atoms with Gasteiger partial charge >= 0.3 is 0 Å². The highest BCUT2D eigenvalue weighted by Gasteiger charge is 2.29. The highest BCUT2D eigenvalue weighted by Crippen LogP contribution is 2.39. The molecular formula is C14H19N5O2S. The van der Waals surface area contributed by atoms with Gasteiger partial charge in [-0.2, -0.15) is 4.98 Å². The number of aliphatic hydroxyl groups excluding tert-OH is 1. The van der Waals surface area contributed by atoms with Gasteiger partial charge in [-0.15, -0.1) is 10.2 Å². The van der Waals surface area contributed by atoms with Crippen LogP contribution >= 0.6 is 11.8 Å². The van der Waals surface area contributed by atoms with Crippen molar-refractivity contribution < 1.29 is 9.63 Å². The fourth-order valence-electron chi connectivity index (χ4n) is 3.02. The van der Waals surface area contributed by atoms with Gasteiger partial charge < -0.3 is 14.2 Å². The van der Waals surface area contributed by atoms with Crippen molar-refractivity contribution in [3.63, 3.8) is 0 Å². The van der Waals surface area contributed by atoms with E-state index in [-0.39, 0.29) is 6.61 Å². The Morgan fingerprint density at radius 3 is 2.73 bits per heavy atom. The van der Waals surface area contributed by atoms with Crippen LogP contribution in [0.5, 0.6) is 0 Å². The second kappa shape index (κ2) is 6.00. The van der Waals surface area contributed by atoms with Crippen molar-refractivity contribution in [2.75, 3.05) is 0 Å². The summed E-state index contributed by atoms with van der Waals surface area (Å²) in [5.74, 6) is 3.20. The van der Waals surface area contributed by atoms with Gasteiger partial charge in [0.1, 0.15) is 6.61 Å². The summed E-state index contributed by atoms with van der Waals surface area (Å²) in [4.78, 5) is 4.52. The first-order valence-electron chi connectivity index (χ1n) is 7.85. The van der Waals surface area contributed by atoms with E-state index in [4.69, 9.17) is 4.52 Å². The number of hydrogen-bond acceptors (Lipinski definition) is 7. The van der Waals surface area contributed by atoms with Crippen LogP contribution < -0.4 is 0 Å². The van der Waals surface area contributed by atoms with Gasteiger partial charge in [-0.1, -0.05) is 29.8 Å². The lowest BCUT2D eigenvalue weighted by atomic mass is 10.1. The maximum atomic E-state index is 9.34. The van der Waals surface area contributed by atoms with Crippen molar-refractivity contribution >= 4 is 11.8 Å². The molecule has 0 amide bonds. The van der Waals surface area contributed by atoms with E-state index in [9.17, 15) is 5.11 Å². The van der Waals surface area contributed by atoms with Gasteiger partial charge in [-0.25, -0.2) is 0 Å². The summed E-state index contributed by atoms with van der Waals surface area (Å²) in [5.41, 5.74) is 0. The number of thioether (sulfide) groups is 1. The molecule has 2 heterocycles. The molecule has 0 radical (unpaired) electrons. The molecule has 2 fully saturated rings. The molecule has 0 saturated heterocycles. The molecule has 0 atom stereocenters. The van der Waals surface area contributed by atoms with Crippen molar-refractivity contribution in [2.45, 2.75) is 68.0 Å². The van der Waals surface area contributed by atoms with Crippen molar-refractivity contribution in [1.29, 1.82) is 0 Å². The second-order valence-electron chi connectivity index (χ2n) is 5.97. The molecule has 0 bridgehead atoms. The minimum absolute atomic E-state index is 0.0730. The molecule has 2 saturated carbocycles. The zero-order chi connectivity index (χ0) is 14.9. The van der Waals surface area contributed by atoms with E-state index in [2.05, 4.69) is 20.3 Å². The van der Waals surface area contributed by atoms with E-state index in [0.29, 0.717) is 29.4 Å². The third-order valence-corrected chi connectivity index (χ3v) is 5.25. The van der Waals surface area contributed by atoms with Crippen LogP contribution in [-0.2, 0) is 12.4 Å². The number of rotatable bonds is 6. The monoisotopic (exact) mass is 321 g/mol. The first-order valence-corrected chi connectivity index (χ1v) is 8.83. The van der Waals surface area contributed by atoms with Gasteiger partial charge in [0.25, 0.3) is 0 Å². The average Bonchev–Trinajstić information content (AvgIpc) is 3.01. The van der Waals surface area contributed by atoms with E-state index in [1.165, 1.54) is 25.7 Å². The summed E-state index contributed by atoms with van der Waals surface area (Å²) in [6.45, 7) is -0.0730. The number of aliphatic hydroxyl groups is 1. The van der Waals surface area contributed by atoms with E-state index in [1.807, 2.05) is 4.57 Å². The van der Waals surface area contributed by atoms with Gasteiger partial charge in [0.15, 0.2) is 16.8 Å². The minimum Gasteiger partial charge on any atom is -0.388 e. The van der Waals surface area contributed by atoms with Crippen LogP contribution in [0.15, 0.2) is 9.68 Å². The Morgan fingerprint density at radius 1 is 1.18 bits per heavy atom. The summed E-state index contributed by atoms with van der Waals surface area (Å²) in [6.07, 6.45) is 7.12. The number of hydrogen-bond donors (Lipinski definition) is 1. The van der Waals surface area contributed by atoms with E-state index >= 15 is 0 Å². The van der Waals surface area contributed by atoms with E-state index in [1.54, 1.807) is 11.8 Å². The molecule has 8 heteroatoms. The Hall–Kier alpha value is -1.41. The molecule has 4 rings (SSSR count). The Labute approximate surface area is 132 Å². The molecule has 0 aromatic carbocycles. The summed E-state index contributed by atoms with van der Waals surface area (Å²) < 4.78 is 7.40. The Kier molecular flexibility index (Phi) is 3.87. The zero-order valence-corrected chi connectivity index (χ0v) is 13.1. The fourth-order valence-corrected chi connectivity index (χ4v) is 3.88. The lowest BCUT2D eigenvalue weighted by Gasteiger charge is -2.05. The molecule has 0 unspecified atom stereocenters. The quantitative estimate of drug-likeness (QED) is 0.817. The van der Waals surface area contributed by atoms with Crippen LogP contribution in [0.25, 0.3) is 0 Å². The van der Waals surface area contributed by atoms with E-state index in [0.717, 1.165) is 23.8 Å². The molecular weight excluding hydrogens is 302 g/mol. The highest BCUT2D eigenvalue weighted by molar-refractivity contribution is 7.98. The van der Waals surface area contributed by atoms with E-state index < -0.39 is 0 Å². The molecule has 118 valence electrons. The van der Waals surface area contributed by atoms with Crippen molar-refractivity contribution in [3.05, 3.63) is 17.5 Å². The number of aromatic nitrogens is 5. The average molecular weight is 321 g/mol. The van der Waals surface area contributed by atoms with Gasteiger partial charge in [0.05, 0.1) is 5.75 Å². The maximum absolute atomic E-state index is 9.34. The molecule has 1 N–H and O–H groups in total. The highest BCUT2D eigenvalue weighted by atomic mass is 32.2. The molecule has 2 aliphatic carbocycles. The van der Waals surface area contributed by atoms with Crippen LogP contribution in [0, 0.1) is 0 Å². The summed E-state index contributed by atoms with van der Waals surface area (Å²) >= 11 is 1.54. The van der Waals surface area contributed by atoms with Crippen LogP contribution in [0.2, 0.25) is 0 Å². The SMILES string of the molecule is OCc1nnc(SCc2nc(C3CCCC3)no2)n1C1CC1.